The van der Waals surface area contributed by atoms with Gasteiger partial charge in [-0.1, -0.05) is 18.2 Å². The average molecular weight is 449 g/mol. The van der Waals surface area contributed by atoms with Crippen molar-refractivity contribution in [3.05, 3.63) is 59.2 Å². The van der Waals surface area contributed by atoms with Gasteiger partial charge in [-0.3, -0.25) is 4.79 Å². The van der Waals surface area contributed by atoms with Gasteiger partial charge in [0.2, 0.25) is 10.0 Å². The summed E-state index contributed by atoms with van der Waals surface area (Å²) in [6, 6.07) is 11.0. The molecule has 1 aliphatic heterocycles. The average Bonchev–Trinajstić information content (AvgIpc) is 3.06. The lowest BCUT2D eigenvalue weighted by Crippen LogP contribution is -2.35. The highest BCUT2D eigenvalue weighted by atomic mass is 32.2. The van der Waals surface area contributed by atoms with E-state index in [2.05, 4.69) is 16.1 Å². The molecule has 2 aliphatic rings. The molecular weight excluding hydrogens is 424 g/mol. The molecule has 1 heterocycles. The Morgan fingerprint density at radius 1 is 1.03 bits per heavy atom. The lowest BCUT2D eigenvalue weighted by molar-refractivity contribution is 0.102. The molecule has 0 radical (unpaired) electrons. The number of hydrogen-bond donors (Lipinski definition) is 2. The summed E-state index contributed by atoms with van der Waals surface area (Å²) in [7, 11) is -7.14. The number of benzene rings is 2. The zero-order chi connectivity index (χ0) is 21.4. The van der Waals surface area contributed by atoms with E-state index in [0.29, 0.717) is 0 Å². The number of carbonyl (C=O) groups excluding carboxylic acids is 1. The second kappa shape index (κ2) is 8.13. The van der Waals surface area contributed by atoms with Gasteiger partial charge in [-0.25, -0.2) is 21.6 Å². The van der Waals surface area contributed by atoms with Crippen LogP contribution in [0.15, 0.2) is 47.4 Å². The predicted octanol–water partition coefficient (Wildman–Crippen LogP) is 2.28. The number of sulfonamides is 1. The van der Waals surface area contributed by atoms with E-state index in [-0.39, 0.29) is 34.3 Å². The van der Waals surface area contributed by atoms with Crippen molar-refractivity contribution in [2.75, 3.05) is 16.8 Å². The van der Waals surface area contributed by atoms with E-state index >= 15 is 0 Å². The summed E-state index contributed by atoms with van der Waals surface area (Å²) in [4.78, 5) is 12.7. The molecule has 1 fully saturated rings. The van der Waals surface area contributed by atoms with Gasteiger partial charge in [0, 0.05) is 17.3 Å². The van der Waals surface area contributed by atoms with Crippen LogP contribution in [0.5, 0.6) is 0 Å². The number of amides is 1. The first-order chi connectivity index (χ1) is 14.2. The number of rotatable bonds is 5. The van der Waals surface area contributed by atoms with Gasteiger partial charge >= 0.3 is 0 Å². The minimum absolute atomic E-state index is 0.0238. The second-order valence-electron chi connectivity index (χ2n) is 7.85. The van der Waals surface area contributed by atoms with E-state index in [1.165, 1.54) is 23.8 Å². The van der Waals surface area contributed by atoms with Crippen molar-refractivity contribution >= 4 is 31.5 Å². The molecular formula is C21H24N2O5S2. The van der Waals surface area contributed by atoms with Crippen LogP contribution in [0.2, 0.25) is 0 Å². The van der Waals surface area contributed by atoms with Crippen molar-refractivity contribution in [3.8, 4) is 0 Å². The Bertz CT molecular complexity index is 1190. The molecule has 0 saturated carbocycles. The van der Waals surface area contributed by atoms with Crippen molar-refractivity contribution in [2.24, 2.45) is 0 Å². The first-order valence-electron chi connectivity index (χ1n) is 9.98. The molecule has 2 aromatic rings. The van der Waals surface area contributed by atoms with Crippen LogP contribution in [0.1, 0.15) is 40.7 Å². The Morgan fingerprint density at radius 3 is 2.57 bits per heavy atom. The molecule has 2 N–H and O–H groups in total. The van der Waals surface area contributed by atoms with Gasteiger partial charge in [-0.05, 0) is 67.5 Å². The number of anilines is 1. The summed E-state index contributed by atoms with van der Waals surface area (Å²) in [6.07, 6.45) is 4.38. The molecule has 0 aromatic heterocycles. The van der Waals surface area contributed by atoms with Gasteiger partial charge in [0.05, 0.1) is 16.4 Å². The Balaban J connectivity index is 1.53. The fraction of sp³-hybridized carbons (Fsp3) is 0.381. The molecule has 0 bridgehead atoms. The number of aryl methyl sites for hydroxylation is 1. The van der Waals surface area contributed by atoms with Crippen molar-refractivity contribution in [1.29, 1.82) is 0 Å². The van der Waals surface area contributed by atoms with Gasteiger partial charge in [0.1, 0.15) is 0 Å². The van der Waals surface area contributed by atoms with Gasteiger partial charge in [-0.15, -0.1) is 0 Å². The van der Waals surface area contributed by atoms with Crippen LogP contribution >= 0.6 is 0 Å². The quantitative estimate of drug-likeness (QED) is 0.729. The fourth-order valence-corrected chi connectivity index (χ4v) is 7.17. The molecule has 30 heavy (non-hydrogen) atoms. The van der Waals surface area contributed by atoms with Crippen LogP contribution in [0.25, 0.3) is 0 Å². The summed E-state index contributed by atoms with van der Waals surface area (Å²) in [5, 5.41) is 2.92. The van der Waals surface area contributed by atoms with E-state index < -0.39 is 25.9 Å². The van der Waals surface area contributed by atoms with Crippen molar-refractivity contribution < 1.29 is 21.6 Å². The first kappa shape index (κ1) is 21.0. The Hall–Kier alpha value is -2.23. The summed E-state index contributed by atoms with van der Waals surface area (Å²) >= 11 is 0. The van der Waals surface area contributed by atoms with Crippen molar-refractivity contribution in [2.45, 2.75) is 43.0 Å². The third-order valence-corrected chi connectivity index (χ3v) is 8.89. The third-order valence-electron chi connectivity index (χ3n) is 5.60. The Kier molecular flexibility index (Phi) is 5.69. The first-order valence-corrected chi connectivity index (χ1v) is 13.3. The number of carbonyl (C=O) groups is 1. The summed E-state index contributed by atoms with van der Waals surface area (Å²) in [5.74, 6) is -0.607. The Labute approximate surface area is 176 Å². The maximum Gasteiger partial charge on any atom is 0.255 e. The topological polar surface area (TPSA) is 109 Å². The molecule has 1 atom stereocenters. The highest BCUT2D eigenvalue weighted by molar-refractivity contribution is 7.92. The van der Waals surface area contributed by atoms with E-state index in [1.807, 2.05) is 12.1 Å². The maximum absolute atomic E-state index is 12.8. The standard InChI is InChI=1S/C21H24N2O5S2/c24-21(22-20-10-4-6-15-5-1-2-9-19(15)20)16-7-3-8-18(13-16)30(27,28)23-17-11-12-29(25,26)14-17/h3-4,6-8,10,13,17,23H,1-2,5,9,11-12,14H2,(H,22,24). The minimum atomic E-state index is -3.93. The molecule has 9 heteroatoms. The monoisotopic (exact) mass is 448 g/mol. The number of hydrogen-bond acceptors (Lipinski definition) is 5. The van der Waals surface area contributed by atoms with E-state index in [4.69, 9.17) is 0 Å². The summed E-state index contributed by atoms with van der Waals surface area (Å²) in [6.45, 7) is 0. The smallest absolute Gasteiger partial charge is 0.255 e. The van der Waals surface area contributed by atoms with E-state index in [1.54, 1.807) is 6.07 Å². The van der Waals surface area contributed by atoms with Gasteiger partial charge in [0.25, 0.3) is 5.91 Å². The number of nitrogens with one attached hydrogen (secondary N) is 2. The molecule has 1 aliphatic carbocycles. The molecule has 2 aromatic carbocycles. The maximum atomic E-state index is 12.8. The third kappa shape index (κ3) is 4.58. The van der Waals surface area contributed by atoms with Crippen LogP contribution in [-0.2, 0) is 32.7 Å². The second-order valence-corrected chi connectivity index (χ2v) is 11.8. The highest BCUT2D eigenvalue weighted by Gasteiger charge is 2.31. The zero-order valence-corrected chi connectivity index (χ0v) is 18.1. The largest absolute Gasteiger partial charge is 0.322 e. The van der Waals surface area contributed by atoms with Crippen LogP contribution in [-0.4, -0.2) is 40.3 Å². The molecule has 1 amide bonds. The zero-order valence-electron chi connectivity index (χ0n) is 16.4. The van der Waals surface area contributed by atoms with Gasteiger partial charge in [0.15, 0.2) is 9.84 Å². The number of sulfone groups is 1. The number of fused-ring (bicyclic) bond motifs is 1. The SMILES string of the molecule is O=C(Nc1cccc2c1CCCC2)c1cccc(S(=O)(=O)NC2CCS(=O)(=O)C2)c1. The van der Waals surface area contributed by atoms with Crippen molar-refractivity contribution in [3.63, 3.8) is 0 Å². The summed E-state index contributed by atoms with van der Waals surface area (Å²) in [5.41, 5.74) is 3.38. The summed E-state index contributed by atoms with van der Waals surface area (Å²) < 4.78 is 51.0. The molecule has 7 nitrogen and oxygen atoms in total. The van der Waals surface area contributed by atoms with Crippen LogP contribution in [0.4, 0.5) is 5.69 Å². The fourth-order valence-electron chi connectivity index (χ4n) is 4.07. The normalized spacial score (nSPS) is 20.5. The van der Waals surface area contributed by atoms with Crippen LogP contribution < -0.4 is 10.0 Å². The molecule has 1 unspecified atom stereocenters. The Morgan fingerprint density at radius 2 is 1.80 bits per heavy atom. The van der Waals surface area contributed by atoms with Gasteiger partial charge in [-0.2, -0.15) is 0 Å². The van der Waals surface area contributed by atoms with Crippen molar-refractivity contribution in [1.82, 2.24) is 4.72 Å². The molecule has 0 spiro atoms. The molecule has 4 rings (SSSR count). The van der Waals surface area contributed by atoms with E-state index in [9.17, 15) is 21.6 Å². The molecule has 160 valence electrons. The van der Waals surface area contributed by atoms with Crippen LogP contribution in [0.3, 0.4) is 0 Å². The lowest BCUT2D eigenvalue weighted by Gasteiger charge is -2.19. The minimum Gasteiger partial charge on any atom is -0.322 e. The van der Waals surface area contributed by atoms with Crippen LogP contribution in [0, 0.1) is 0 Å². The van der Waals surface area contributed by atoms with E-state index in [0.717, 1.165) is 36.9 Å². The highest BCUT2D eigenvalue weighted by Crippen LogP contribution is 2.28. The lowest BCUT2D eigenvalue weighted by atomic mass is 9.90. The van der Waals surface area contributed by atoms with Gasteiger partial charge < -0.3 is 5.32 Å². The molecule has 1 saturated heterocycles. The predicted molar refractivity (Wildman–Crippen MR) is 115 cm³/mol.